The van der Waals surface area contributed by atoms with Gasteiger partial charge in [-0.25, -0.2) is 14.6 Å². The van der Waals surface area contributed by atoms with E-state index in [4.69, 9.17) is 37.6 Å². The molecule has 4 aromatic rings. The van der Waals surface area contributed by atoms with E-state index in [1.54, 1.807) is 12.1 Å². The van der Waals surface area contributed by atoms with Gasteiger partial charge in [0.15, 0.2) is 5.69 Å². The summed E-state index contributed by atoms with van der Waals surface area (Å²) in [6.07, 6.45) is 7.87. The summed E-state index contributed by atoms with van der Waals surface area (Å²) in [6, 6.07) is 3.72. The van der Waals surface area contributed by atoms with Crippen molar-refractivity contribution >= 4 is 46.0 Å². The first-order valence-corrected chi connectivity index (χ1v) is 12.2. The Morgan fingerprint density at radius 2 is 1.72 bits per heavy atom. The third kappa shape index (κ3) is 3.95. The van der Waals surface area contributed by atoms with Gasteiger partial charge in [-0.05, 0) is 65.9 Å². The van der Waals surface area contributed by atoms with Crippen LogP contribution in [0, 0.1) is 5.92 Å². The molecule has 2 aliphatic rings. The summed E-state index contributed by atoms with van der Waals surface area (Å²) in [5.41, 5.74) is 1.69. The van der Waals surface area contributed by atoms with Crippen molar-refractivity contribution in [3.05, 3.63) is 28.1 Å². The van der Waals surface area contributed by atoms with Crippen LogP contribution in [0.4, 0.5) is 0 Å². The first kappa shape index (κ1) is 20.3. The van der Waals surface area contributed by atoms with Crippen molar-refractivity contribution in [2.24, 2.45) is 5.92 Å². The van der Waals surface area contributed by atoms with Crippen molar-refractivity contribution in [1.82, 2.24) is 40.4 Å². The van der Waals surface area contributed by atoms with Crippen LogP contribution >= 0.6 is 35.0 Å². The van der Waals surface area contributed by atoms with Crippen molar-refractivity contribution in [2.75, 3.05) is 0 Å². The van der Waals surface area contributed by atoms with E-state index >= 15 is 0 Å². The summed E-state index contributed by atoms with van der Waals surface area (Å²) in [6.45, 7) is 0. The van der Waals surface area contributed by atoms with E-state index in [2.05, 4.69) is 25.7 Å². The lowest BCUT2D eigenvalue weighted by Crippen LogP contribution is -2.00. The van der Waals surface area contributed by atoms with E-state index in [0.29, 0.717) is 60.7 Å². The Bertz CT molecular complexity index is 1300. The molecule has 9 nitrogen and oxygen atoms in total. The molecular weight excluding hydrogens is 471 g/mol. The molecule has 1 aromatic carbocycles. The molecule has 12 heteroatoms. The van der Waals surface area contributed by atoms with Crippen molar-refractivity contribution in [3.8, 4) is 11.6 Å². The maximum atomic E-state index is 6.22. The molecule has 2 fully saturated rings. The molecule has 3 aromatic heterocycles. The highest BCUT2D eigenvalue weighted by atomic mass is 35.5. The van der Waals surface area contributed by atoms with E-state index in [-0.39, 0.29) is 0 Å². The lowest BCUT2D eigenvalue weighted by Gasteiger charge is -2.08. The first-order chi connectivity index (χ1) is 15.6. The Morgan fingerprint density at radius 3 is 2.47 bits per heavy atom. The SMILES string of the molecule is Clc1cc2nc(Sc3nnnn3C3CC3)c(-c3nnc(CC4CCCC4)o3)nc2cc1Cl. The second kappa shape index (κ2) is 8.24. The van der Waals surface area contributed by atoms with Gasteiger partial charge < -0.3 is 4.42 Å². The minimum absolute atomic E-state index is 0.325. The van der Waals surface area contributed by atoms with Crippen LogP contribution in [0.1, 0.15) is 50.5 Å². The third-order valence-corrected chi connectivity index (χ3v) is 7.48. The maximum Gasteiger partial charge on any atom is 0.269 e. The lowest BCUT2D eigenvalue weighted by molar-refractivity contribution is 0.436. The Labute approximate surface area is 197 Å². The normalized spacial score (nSPS) is 16.9. The fourth-order valence-corrected chi connectivity index (χ4v) is 5.25. The van der Waals surface area contributed by atoms with Crippen molar-refractivity contribution < 1.29 is 4.42 Å². The maximum absolute atomic E-state index is 6.22. The van der Waals surface area contributed by atoms with Gasteiger partial charge in [-0.15, -0.1) is 15.3 Å². The van der Waals surface area contributed by atoms with Gasteiger partial charge in [0.05, 0.1) is 27.1 Å². The van der Waals surface area contributed by atoms with Crippen LogP contribution in [-0.2, 0) is 6.42 Å². The van der Waals surface area contributed by atoms with Crippen LogP contribution in [0.15, 0.2) is 26.7 Å². The van der Waals surface area contributed by atoms with Gasteiger partial charge in [-0.2, -0.15) is 0 Å². The summed E-state index contributed by atoms with van der Waals surface area (Å²) in [4.78, 5) is 9.55. The highest BCUT2D eigenvalue weighted by molar-refractivity contribution is 7.99. The highest BCUT2D eigenvalue weighted by Gasteiger charge is 2.29. The van der Waals surface area contributed by atoms with E-state index in [1.807, 2.05) is 4.68 Å². The minimum atomic E-state index is 0.325. The van der Waals surface area contributed by atoms with Crippen LogP contribution in [0.2, 0.25) is 10.0 Å². The molecule has 0 atom stereocenters. The molecule has 0 bridgehead atoms. The van der Waals surface area contributed by atoms with Crippen molar-refractivity contribution in [3.63, 3.8) is 0 Å². The number of hydrogen-bond donors (Lipinski definition) is 0. The largest absolute Gasteiger partial charge is 0.419 e. The van der Waals surface area contributed by atoms with Crippen LogP contribution in [0.3, 0.4) is 0 Å². The van der Waals surface area contributed by atoms with Gasteiger partial charge in [-0.1, -0.05) is 36.0 Å². The number of halogens is 2. The zero-order valence-corrected chi connectivity index (χ0v) is 19.2. The van der Waals surface area contributed by atoms with Gasteiger partial charge in [0, 0.05) is 6.42 Å². The van der Waals surface area contributed by atoms with Gasteiger partial charge in [0.2, 0.25) is 11.0 Å². The van der Waals surface area contributed by atoms with Gasteiger partial charge >= 0.3 is 0 Å². The summed E-state index contributed by atoms with van der Waals surface area (Å²) < 4.78 is 7.86. The van der Waals surface area contributed by atoms with E-state index in [0.717, 1.165) is 19.3 Å². The number of benzene rings is 1. The van der Waals surface area contributed by atoms with Gasteiger partial charge in [0.25, 0.3) is 5.89 Å². The topological polar surface area (TPSA) is 108 Å². The fraction of sp³-hybridized carbons (Fsp3) is 0.450. The smallest absolute Gasteiger partial charge is 0.269 e. The van der Waals surface area contributed by atoms with Crippen molar-refractivity contribution in [2.45, 2.75) is 61.2 Å². The summed E-state index contributed by atoms with van der Waals surface area (Å²) >= 11 is 13.8. The number of rotatable bonds is 6. The Kier molecular flexibility index (Phi) is 5.23. The standard InChI is InChI=1S/C20H18Cl2N8OS/c21-12-8-14-15(9-13(12)22)24-19(32-20-27-28-29-30(20)11-5-6-11)17(23-14)18-26-25-16(31-18)7-10-3-1-2-4-10/h8-11H,1-7H2. The highest BCUT2D eigenvalue weighted by Crippen LogP contribution is 2.40. The number of aromatic nitrogens is 8. The van der Waals surface area contributed by atoms with Gasteiger partial charge in [-0.3, -0.25) is 0 Å². The molecule has 2 saturated carbocycles. The van der Waals surface area contributed by atoms with Crippen LogP contribution in [0.5, 0.6) is 0 Å². The predicted octanol–water partition coefficient (Wildman–Crippen LogP) is 5.19. The zero-order chi connectivity index (χ0) is 21.7. The van der Waals surface area contributed by atoms with Crippen LogP contribution in [-0.4, -0.2) is 40.4 Å². The van der Waals surface area contributed by atoms with Crippen molar-refractivity contribution in [1.29, 1.82) is 0 Å². The molecule has 0 aliphatic heterocycles. The summed E-state index contributed by atoms with van der Waals surface area (Å²) in [5, 5.41) is 22.7. The summed E-state index contributed by atoms with van der Waals surface area (Å²) in [7, 11) is 0. The van der Waals surface area contributed by atoms with E-state index in [9.17, 15) is 0 Å². The average Bonchev–Trinajstić information content (AvgIpc) is 3.16. The second-order valence-electron chi connectivity index (χ2n) is 8.23. The molecule has 0 spiro atoms. The molecule has 3 heterocycles. The monoisotopic (exact) mass is 488 g/mol. The molecule has 0 saturated heterocycles. The molecule has 0 N–H and O–H groups in total. The number of nitrogens with zero attached hydrogens (tertiary/aromatic N) is 8. The Hall–Kier alpha value is -2.30. The van der Waals surface area contributed by atoms with Crippen LogP contribution in [0.25, 0.3) is 22.6 Å². The number of fused-ring (bicyclic) bond motifs is 1. The third-order valence-electron chi connectivity index (χ3n) is 5.83. The molecule has 0 radical (unpaired) electrons. The second-order valence-corrected chi connectivity index (χ2v) is 10.00. The minimum Gasteiger partial charge on any atom is -0.419 e. The Balaban J connectivity index is 1.41. The number of tetrazole rings is 1. The molecule has 164 valence electrons. The first-order valence-electron chi connectivity index (χ1n) is 10.6. The van der Waals surface area contributed by atoms with E-state index in [1.165, 1.54) is 37.4 Å². The molecule has 0 amide bonds. The van der Waals surface area contributed by atoms with Crippen LogP contribution < -0.4 is 0 Å². The van der Waals surface area contributed by atoms with Gasteiger partial charge in [0.1, 0.15) is 5.03 Å². The predicted molar refractivity (Wildman–Crippen MR) is 119 cm³/mol. The number of hydrogen-bond acceptors (Lipinski definition) is 9. The molecule has 0 unspecified atom stereocenters. The quantitative estimate of drug-likeness (QED) is 0.361. The Morgan fingerprint density at radius 1 is 0.969 bits per heavy atom. The molecule has 2 aliphatic carbocycles. The zero-order valence-electron chi connectivity index (χ0n) is 16.9. The average molecular weight is 489 g/mol. The lowest BCUT2D eigenvalue weighted by atomic mass is 10.0. The van der Waals surface area contributed by atoms with E-state index < -0.39 is 0 Å². The molecular formula is C20H18Cl2N8OS. The fourth-order valence-electron chi connectivity index (χ4n) is 4.03. The summed E-state index contributed by atoms with van der Waals surface area (Å²) in [5.74, 6) is 1.55. The molecule has 32 heavy (non-hydrogen) atoms. The molecule has 6 rings (SSSR count).